The number of carbonyl (C=O) groups excluding carboxylic acids is 2. The largest absolute Gasteiger partial charge is 0.490 e. The number of piperidine rings is 1. The first-order valence-electron chi connectivity index (χ1n) is 10.7. The van der Waals surface area contributed by atoms with Crippen molar-refractivity contribution in [3.63, 3.8) is 0 Å². The van der Waals surface area contributed by atoms with Crippen LogP contribution in [0.25, 0.3) is 0 Å². The van der Waals surface area contributed by atoms with Gasteiger partial charge in [-0.05, 0) is 24.3 Å². The van der Waals surface area contributed by atoms with E-state index in [9.17, 15) is 9.59 Å². The zero-order chi connectivity index (χ0) is 21.6. The maximum absolute atomic E-state index is 13.1. The van der Waals surface area contributed by atoms with Gasteiger partial charge in [-0.1, -0.05) is 41.9 Å². The van der Waals surface area contributed by atoms with Crippen molar-refractivity contribution in [2.75, 3.05) is 39.4 Å². The van der Waals surface area contributed by atoms with Crippen LogP contribution >= 0.6 is 11.6 Å². The van der Waals surface area contributed by atoms with E-state index >= 15 is 0 Å². The van der Waals surface area contributed by atoms with Crippen molar-refractivity contribution < 1.29 is 19.1 Å². The molecule has 0 saturated carbocycles. The molecule has 2 atom stereocenters. The summed E-state index contributed by atoms with van der Waals surface area (Å²) in [4.78, 5) is 29.7. The van der Waals surface area contributed by atoms with Crippen LogP contribution in [0, 0.1) is 5.92 Å². The second kappa shape index (κ2) is 10.2. The second-order valence-corrected chi connectivity index (χ2v) is 8.35. The number of para-hydroxylation sites is 1. The van der Waals surface area contributed by atoms with Gasteiger partial charge in [-0.3, -0.25) is 9.59 Å². The summed E-state index contributed by atoms with van der Waals surface area (Å²) in [7, 11) is 0. The summed E-state index contributed by atoms with van der Waals surface area (Å²) in [5.41, 5.74) is 0.491. The van der Waals surface area contributed by atoms with Crippen molar-refractivity contribution in [3.05, 3.63) is 65.2 Å². The van der Waals surface area contributed by atoms with Gasteiger partial charge >= 0.3 is 0 Å². The van der Waals surface area contributed by atoms with Gasteiger partial charge in [-0.25, -0.2) is 0 Å². The molecule has 2 aromatic rings. The number of ether oxygens (including phenoxy) is 2. The van der Waals surface area contributed by atoms with Crippen molar-refractivity contribution in [3.8, 4) is 5.75 Å². The summed E-state index contributed by atoms with van der Waals surface area (Å²) in [6, 6.07) is 16.7. The van der Waals surface area contributed by atoms with E-state index < -0.39 is 0 Å². The molecule has 2 saturated heterocycles. The minimum absolute atomic E-state index is 0.0852. The van der Waals surface area contributed by atoms with E-state index in [-0.39, 0.29) is 23.8 Å². The third kappa shape index (κ3) is 5.38. The van der Waals surface area contributed by atoms with Crippen LogP contribution in [0.2, 0.25) is 5.02 Å². The average molecular weight is 443 g/mol. The molecule has 2 fully saturated rings. The molecule has 2 aromatic carbocycles. The number of hydrogen-bond acceptors (Lipinski definition) is 4. The highest BCUT2D eigenvalue weighted by molar-refractivity contribution is 6.33. The predicted molar refractivity (Wildman–Crippen MR) is 118 cm³/mol. The predicted octanol–water partition coefficient (Wildman–Crippen LogP) is 3.50. The molecule has 2 heterocycles. The summed E-state index contributed by atoms with van der Waals surface area (Å²) in [6.45, 7) is 3.37. The minimum Gasteiger partial charge on any atom is -0.490 e. The third-order valence-electron chi connectivity index (χ3n) is 5.89. The third-order valence-corrected chi connectivity index (χ3v) is 6.22. The number of benzene rings is 2. The Morgan fingerprint density at radius 1 is 0.968 bits per heavy atom. The Bertz CT molecular complexity index is 901. The molecule has 0 radical (unpaired) electrons. The maximum atomic E-state index is 13.1. The minimum atomic E-state index is -0.136. The molecule has 0 aromatic heterocycles. The number of nitrogens with zero attached hydrogens (tertiary/aromatic N) is 2. The lowest BCUT2D eigenvalue weighted by Gasteiger charge is -2.39. The zero-order valence-corrected chi connectivity index (χ0v) is 18.2. The SMILES string of the molecule is O=C(C[C@H]1CN(C(=O)c2ccccc2Cl)CC[C@@H]1Oc1ccccc1)N1CCOCC1. The van der Waals surface area contributed by atoms with Gasteiger partial charge in [0, 0.05) is 44.9 Å². The summed E-state index contributed by atoms with van der Waals surface area (Å²) in [5.74, 6) is 0.660. The lowest BCUT2D eigenvalue weighted by molar-refractivity contribution is -0.137. The highest BCUT2D eigenvalue weighted by atomic mass is 35.5. The molecule has 0 bridgehead atoms. The molecule has 2 aliphatic heterocycles. The highest BCUT2D eigenvalue weighted by Crippen LogP contribution is 2.28. The van der Waals surface area contributed by atoms with E-state index in [1.54, 1.807) is 17.0 Å². The summed E-state index contributed by atoms with van der Waals surface area (Å²) in [5, 5.41) is 0.441. The van der Waals surface area contributed by atoms with E-state index in [1.165, 1.54) is 0 Å². The number of amides is 2. The van der Waals surface area contributed by atoms with E-state index in [4.69, 9.17) is 21.1 Å². The first-order valence-corrected chi connectivity index (χ1v) is 11.1. The topological polar surface area (TPSA) is 59.1 Å². The Hall–Kier alpha value is -2.57. The Morgan fingerprint density at radius 3 is 2.42 bits per heavy atom. The molecule has 31 heavy (non-hydrogen) atoms. The fraction of sp³-hybridized carbons (Fsp3) is 0.417. The van der Waals surface area contributed by atoms with Gasteiger partial charge in [0.1, 0.15) is 11.9 Å². The number of morpholine rings is 1. The normalized spacial score (nSPS) is 21.6. The van der Waals surface area contributed by atoms with Gasteiger partial charge in [-0.15, -0.1) is 0 Å². The van der Waals surface area contributed by atoms with Crippen molar-refractivity contribution in [1.29, 1.82) is 0 Å². The lowest BCUT2D eigenvalue weighted by Crippen LogP contribution is -2.50. The van der Waals surface area contributed by atoms with Crippen LogP contribution in [-0.4, -0.2) is 67.1 Å². The zero-order valence-electron chi connectivity index (χ0n) is 17.4. The van der Waals surface area contributed by atoms with E-state index in [0.29, 0.717) is 62.8 Å². The number of halogens is 1. The Morgan fingerprint density at radius 2 is 1.68 bits per heavy atom. The maximum Gasteiger partial charge on any atom is 0.255 e. The van der Waals surface area contributed by atoms with Gasteiger partial charge in [-0.2, -0.15) is 0 Å². The molecular weight excluding hydrogens is 416 g/mol. The van der Waals surface area contributed by atoms with Crippen molar-refractivity contribution in [1.82, 2.24) is 9.80 Å². The first kappa shape index (κ1) is 21.7. The number of rotatable bonds is 5. The highest BCUT2D eigenvalue weighted by Gasteiger charge is 2.36. The van der Waals surface area contributed by atoms with Crippen molar-refractivity contribution >= 4 is 23.4 Å². The first-order chi connectivity index (χ1) is 15.1. The molecule has 2 amide bonds. The molecule has 0 unspecified atom stereocenters. The van der Waals surface area contributed by atoms with Crippen molar-refractivity contribution in [2.24, 2.45) is 5.92 Å². The standard InChI is InChI=1S/C24H27ClN2O4/c25-21-9-5-4-8-20(21)24(29)27-11-10-22(31-19-6-2-1-3-7-19)18(17-27)16-23(28)26-12-14-30-15-13-26/h1-9,18,22H,10-17H2/t18-,22-/m0/s1. The molecule has 0 aliphatic carbocycles. The molecular formula is C24H27ClN2O4. The van der Waals surface area contributed by atoms with Crippen LogP contribution in [-0.2, 0) is 9.53 Å². The molecule has 0 N–H and O–H groups in total. The van der Waals surface area contributed by atoms with Crippen LogP contribution in [0.3, 0.4) is 0 Å². The van der Waals surface area contributed by atoms with Gasteiger partial charge in [0.15, 0.2) is 0 Å². The van der Waals surface area contributed by atoms with Crippen LogP contribution in [0.1, 0.15) is 23.2 Å². The van der Waals surface area contributed by atoms with Crippen LogP contribution < -0.4 is 4.74 Å². The molecule has 4 rings (SSSR count). The fourth-order valence-corrected chi connectivity index (χ4v) is 4.41. The average Bonchev–Trinajstić information content (AvgIpc) is 2.81. The van der Waals surface area contributed by atoms with Crippen LogP contribution in [0.15, 0.2) is 54.6 Å². The number of likely N-dealkylation sites (tertiary alicyclic amines) is 1. The molecule has 7 heteroatoms. The fourth-order valence-electron chi connectivity index (χ4n) is 4.19. The monoisotopic (exact) mass is 442 g/mol. The molecule has 6 nitrogen and oxygen atoms in total. The summed E-state index contributed by atoms with van der Waals surface area (Å²) in [6.07, 6.45) is 0.860. The molecule has 164 valence electrons. The smallest absolute Gasteiger partial charge is 0.255 e. The van der Waals surface area contributed by atoms with Crippen molar-refractivity contribution in [2.45, 2.75) is 18.9 Å². The van der Waals surface area contributed by atoms with E-state index in [0.717, 1.165) is 5.75 Å². The van der Waals surface area contributed by atoms with Crippen LogP contribution in [0.5, 0.6) is 5.75 Å². The Balaban J connectivity index is 1.49. The quantitative estimate of drug-likeness (QED) is 0.711. The molecule has 2 aliphatic rings. The van der Waals surface area contributed by atoms with E-state index in [1.807, 2.05) is 47.4 Å². The lowest BCUT2D eigenvalue weighted by atomic mass is 9.90. The number of carbonyl (C=O) groups is 2. The second-order valence-electron chi connectivity index (χ2n) is 7.95. The van der Waals surface area contributed by atoms with Gasteiger partial charge in [0.2, 0.25) is 5.91 Å². The van der Waals surface area contributed by atoms with Crippen LogP contribution in [0.4, 0.5) is 0 Å². The number of hydrogen-bond donors (Lipinski definition) is 0. The van der Waals surface area contributed by atoms with Gasteiger partial charge in [0.25, 0.3) is 5.91 Å². The molecule has 0 spiro atoms. The van der Waals surface area contributed by atoms with E-state index in [2.05, 4.69) is 0 Å². The Labute approximate surface area is 187 Å². The summed E-state index contributed by atoms with van der Waals surface area (Å²) < 4.78 is 11.6. The Kier molecular flexibility index (Phi) is 7.10. The van der Waals surface area contributed by atoms with Gasteiger partial charge < -0.3 is 19.3 Å². The van der Waals surface area contributed by atoms with Gasteiger partial charge in [0.05, 0.1) is 23.8 Å². The summed E-state index contributed by atoms with van der Waals surface area (Å²) >= 11 is 6.25.